The standard InChI is InChI=1S/C19H29N5O4/c1-18(23-16(26)3-2-14-12-21-7-8-22-14)6-11-28-19(17(18)27)4-9-24(10-5-19)13-15(20)25/h7-8,12,17,27H,2-6,9-11,13H2,1H3,(H2,20,25)(H,23,26)/t17-,18+/m1/s1. The minimum atomic E-state index is -0.829. The maximum Gasteiger partial charge on any atom is 0.231 e. The molecule has 0 radical (unpaired) electrons. The van der Waals surface area contributed by atoms with Crippen LogP contribution in [-0.4, -0.2) is 75.3 Å². The highest BCUT2D eigenvalue weighted by Gasteiger charge is 2.53. The molecular formula is C19H29N5O4. The summed E-state index contributed by atoms with van der Waals surface area (Å²) in [6.07, 6.45) is 6.51. The summed E-state index contributed by atoms with van der Waals surface area (Å²) < 4.78 is 6.02. The molecule has 0 aliphatic carbocycles. The molecule has 3 heterocycles. The molecule has 2 atom stereocenters. The van der Waals surface area contributed by atoms with E-state index in [-0.39, 0.29) is 24.8 Å². The van der Waals surface area contributed by atoms with E-state index in [1.165, 1.54) is 0 Å². The lowest BCUT2D eigenvalue weighted by Crippen LogP contribution is -2.69. The summed E-state index contributed by atoms with van der Waals surface area (Å²) in [4.78, 5) is 33.8. The fourth-order valence-corrected chi connectivity index (χ4v) is 4.20. The number of nitrogens with one attached hydrogen (secondary N) is 1. The van der Waals surface area contributed by atoms with Gasteiger partial charge in [-0.05, 0) is 32.6 Å². The predicted octanol–water partition coefficient (Wildman–Crippen LogP) is -0.615. The number of carbonyl (C=O) groups is 2. The van der Waals surface area contributed by atoms with Gasteiger partial charge in [-0.2, -0.15) is 0 Å². The lowest BCUT2D eigenvalue weighted by atomic mass is 9.73. The van der Waals surface area contributed by atoms with Crippen LogP contribution in [0.25, 0.3) is 0 Å². The van der Waals surface area contributed by atoms with Crippen molar-refractivity contribution in [2.45, 2.75) is 56.3 Å². The van der Waals surface area contributed by atoms with Crippen molar-refractivity contribution < 1.29 is 19.4 Å². The van der Waals surface area contributed by atoms with E-state index >= 15 is 0 Å². The van der Waals surface area contributed by atoms with Crippen molar-refractivity contribution in [2.75, 3.05) is 26.2 Å². The molecule has 9 heteroatoms. The van der Waals surface area contributed by atoms with Crippen LogP contribution in [0.4, 0.5) is 0 Å². The van der Waals surface area contributed by atoms with Gasteiger partial charge in [-0.3, -0.25) is 24.5 Å². The molecule has 154 valence electrons. The lowest BCUT2D eigenvalue weighted by molar-refractivity contribution is -0.207. The maximum absolute atomic E-state index is 12.5. The monoisotopic (exact) mass is 391 g/mol. The highest BCUT2D eigenvalue weighted by Crippen LogP contribution is 2.39. The van der Waals surface area contributed by atoms with Gasteiger partial charge in [0.05, 0.1) is 23.4 Å². The molecule has 2 amide bonds. The van der Waals surface area contributed by atoms with Gasteiger partial charge < -0.3 is 20.9 Å². The first-order valence-corrected chi connectivity index (χ1v) is 9.72. The predicted molar refractivity (Wildman–Crippen MR) is 101 cm³/mol. The van der Waals surface area contributed by atoms with Crippen molar-refractivity contribution in [2.24, 2.45) is 5.73 Å². The number of piperidine rings is 1. The first-order chi connectivity index (χ1) is 13.3. The molecule has 2 saturated heterocycles. The third-order valence-corrected chi connectivity index (χ3v) is 5.84. The number of amides is 2. The maximum atomic E-state index is 12.5. The average molecular weight is 391 g/mol. The molecule has 28 heavy (non-hydrogen) atoms. The number of ether oxygens (including phenoxy) is 1. The van der Waals surface area contributed by atoms with Crippen molar-refractivity contribution in [1.29, 1.82) is 0 Å². The van der Waals surface area contributed by atoms with Crippen LogP contribution in [0.5, 0.6) is 0 Å². The average Bonchev–Trinajstić information content (AvgIpc) is 2.67. The fraction of sp³-hybridized carbons (Fsp3) is 0.684. The van der Waals surface area contributed by atoms with Crippen LogP contribution >= 0.6 is 0 Å². The topological polar surface area (TPSA) is 131 Å². The van der Waals surface area contributed by atoms with Crippen LogP contribution < -0.4 is 11.1 Å². The number of aryl methyl sites for hydroxylation is 1. The summed E-state index contributed by atoms with van der Waals surface area (Å²) in [5, 5.41) is 14.2. The molecule has 1 spiro atoms. The van der Waals surface area contributed by atoms with Gasteiger partial charge in [0, 0.05) is 44.7 Å². The molecule has 0 unspecified atom stereocenters. The normalized spacial score (nSPS) is 27.4. The number of rotatable bonds is 6. The summed E-state index contributed by atoms with van der Waals surface area (Å²) in [7, 11) is 0. The molecule has 2 aliphatic rings. The second kappa shape index (κ2) is 8.50. The summed E-state index contributed by atoms with van der Waals surface area (Å²) in [5.74, 6) is -0.489. The SMILES string of the molecule is C[C@]1(NC(=O)CCc2cnccn2)CCOC2(CCN(CC(N)=O)CC2)[C@@H]1O. The van der Waals surface area contributed by atoms with Crippen molar-refractivity contribution in [1.82, 2.24) is 20.2 Å². The van der Waals surface area contributed by atoms with Gasteiger partial charge in [0.25, 0.3) is 0 Å². The summed E-state index contributed by atoms with van der Waals surface area (Å²) in [6, 6.07) is 0. The van der Waals surface area contributed by atoms with Crippen LogP contribution in [-0.2, 0) is 20.7 Å². The van der Waals surface area contributed by atoms with Crippen LogP contribution in [0.15, 0.2) is 18.6 Å². The van der Waals surface area contributed by atoms with Crippen LogP contribution in [0.2, 0.25) is 0 Å². The van der Waals surface area contributed by atoms with Crippen molar-refractivity contribution in [3.8, 4) is 0 Å². The van der Waals surface area contributed by atoms with E-state index in [9.17, 15) is 14.7 Å². The second-order valence-electron chi connectivity index (χ2n) is 7.97. The third-order valence-electron chi connectivity index (χ3n) is 5.84. The minimum Gasteiger partial charge on any atom is -0.388 e. The molecular weight excluding hydrogens is 362 g/mol. The van der Waals surface area contributed by atoms with Crippen LogP contribution in [0.3, 0.4) is 0 Å². The van der Waals surface area contributed by atoms with Gasteiger partial charge in [-0.25, -0.2) is 0 Å². The number of carbonyl (C=O) groups excluding carboxylic acids is 2. The van der Waals surface area contributed by atoms with E-state index in [4.69, 9.17) is 10.5 Å². The van der Waals surface area contributed by atoms with E-state index in [2.05, 4.69) is 15.3 Å². The minimum absolute atomic E-state index is 0.129. The van der Waals surface area contributed by atoms with Gasteiger partial charge in [0.15, 0.2) is 0 Å². The highest BCUT2D eigenvalue weighted by atomic mass is 16.5. The molecule has 9 nitrogen and oxygen atoms in total. The first-order valence-electron chi connectivity index (χ1n) is 9.72. The quantitative estimate of drug-likeness (QED) is 0.589. The van der Waals surface area contributed by atoms with Gasteiger partial charge >= 0.3 is 0 Å². The van der Waals surface area contributed by atoms with E-state index in [0.29, 0.717) is 45.4 Å². The molecule has 0 aromatic carbocycles. The van der Waals surface area contributed by atoms with Gasteiger partial charge in [0.2, 0.25) is 11.8 Å². The van der Waals surface area contributed by atoms with Gasteiger partial charge in [-0.15, -0.1) is 0 Å². The number of hydrogen-bond donors (Lipinski definition) is 3. The number of aromatic nitrogens is 2. The number of hydrogen-bond acceptors (Lipinski definition) is 7. The Hall–Kier alpha value is -2.10. The smallest absolute Gasteiger partial charge is 0.231 e. The third kappa shape index (κ3) is 4.65. The summed E-state index contributed by atoms with van der Waals surface area (Å²) >= 11 is 0. The Morgan fingerprint density at radius 3 is 2.75 bits per heavy atom. The van der Waals surface area contributed by atoms with Crippen LogP contribution in [0.1, 0.15) is 38.3 Å². The Labute approximate surface area is 164 Å². The highest BCUT2D eigenvalue weighted by molar-refractivity contribution is 5.77. The lowest BCUT2D eigenvalue weighted by Gasteiger charge is -2.53. The number of primary amides is 1. The zero-order valence-corrected chi connectivity index (χ0v) is 16.3. The van der Waals surface area contributed by atoms with Crippen LogP contribution in [0, 0.1) is 0 Å². The largest absolute Gasteiger partial charge is 0.388 e. The Kier molecular flexibility index (Phi) is 6.26. The van der Waals surface area contributed by atoms with Gasteiger partial charge in [-0.1, -0.05) is 0 Å². The van der Waals surface area contributed by atoms with E-state index < -0.39 is 17.2 Å². The van der Waals surface area contributed by atoms with Crippen molar-refractivity contribution in [3.05, 3.63) is 24.3 Å². The van der Waals surface area contributed by atoms with Crippen molar-refractivity contribution in [3.63, 3.8) is 0 Å². The van der Waals surface area contributed by atoms with E-state index in [1.54, 1.807) is 18.6 Å². The second-order valence-corrected chi connectivity index (χ2v) is 7.97. The molecule has 2 fully saturated rings. The Balaban J connectivity index is 1.58. The zero-order chi connectivity index (χ0) is 20.2. The molecule has 3 rings (SSSR count). The summed E-state index contributed by atoms with van der Waals surface area (Å²) in [6.45, 7) is 3.79. The zero-order valence-electron chi connectivity index (χ0n) is 16.3. The fourth-order valence-electron chi connectivity index (χ4n) is 4.20. The number of aliphatic hydroxyl groups excluding tert-OH is 1. The van der Waals surface area contributed by atoms with Crippen molar-refractivity contribution >= 4 is 11.8 Å². The van der Waals surface area contributed by atoms with Gasteiger partial charge in [0.1, 0.15) is 6.10 Å². The molecule has 1 aromatic heterocycles. The Morgan fingerprint density at radius 2 is 2.11 bits per heavy atom. The molecule has 1 aromatic rings. The summed E-state index contributed by atoms with van der Waals surface area (Å²) in [5.41, 5.74) is 4.56. The first kappa shape index (κ1) is 20.6. The Bertz CT molecular complexity index is 693. The number of likely N-dealkylation sites (tertiary alicyclic amines) is 1. The molecule has 4 N–H and O–H groups in total. The number of aliphatic hydroxyl groups is 1. The number of nitrogens with two attached hydrogens (primary N) is 1. The number of nitrogens with zero attached hydrogens (tertiary/aromatic N) is 3. The molecule has 0 bridgehead atoms. The molecule has 0 saturated carbocycles. The Morgan fingerprint density at radius 1 is 1.36 bits per heavy atom. The van der Waals surface area contributed by atoms with E-state index in [0.717, 1.165) is 5.69 Å². The molecule has 2 aliphatic heterocycles. The van der Waals surface area contributed by atoms with E-state index in [1.807, 2.05) is 11.8 Å².